The lowest BCUT2D eigenvalue weighted by molar-refractivity contribution is -0.384. The van der Waals surface area contributed by atoms with Crippen molar-refractivity contribution in [1.29, 1.82) is 0 Å². The molecule has 2 saturated heterocycles. The zero-order chi connectivity index (χ0) is 45.5. The molecule has 4 aliphatic rings. The lowest BCUT2D eigenvalue weighted by atomic mass is 9.72. The van der Waals surface area contributed by atoms with Crippen molar-refractivity contribution in [3.05, 3.63) is 111 Å². The Morgan fingerprint density at radius 3 is 2.55 bits per heavy atom. The van der Waals surface area contributed by atoms with Gasteiger partial charge in [0.1, 0.15) is 23.6 Å². The molecule has 1 aliphatic carbocycles. The third-order valence-electron chi connectivity index (χ3n) is 12.9. The van der Waals surface area contributed by atoms with Gasteiger partial charge in [-0.05, 0) is 97.5 Å². The van der Waals surface area contributed by atoms with Crippen molar-refractivity contribution < 1.29 is 27.6 Å². The number of piperazine rings is 1. The molecule has 16 nitrogen and oxygen atoms in total. The number of nitro groups is 1. The number of nitrogens with one attached hydrogen (secondary N) is 3. The number of hydrogen-bond acceptors (Lipinski definition) is 13. The van der Waals surface area contributed by atoms with Crippen LogP contribution in [0.5, 0.6) is 5.88 Å². The Morgan fingerprint density at radius 1 is 0.985 bits per heavy atom. The molecule has 342 valence electrons. The number of likely N-dealkylation sites (N-methyl/N-ethyl adjacent to an activating group) is 1. The second kappa shape index (κ2) is 18.3. The van der Waals surface area contributed by atoms with E-state index in [1.54, 1.807) is 12.3 Å². The van der Waals surface area contributed by atoms with Gasteiger partial charge in [0, 0.05) is 80.7 Å². The minimum Gasteiger partial charge on any atom is -0.474 e. The maximum atomic E-state index is 14.3. The van der Waals surface area contributed by atoms with E-state index in [4.69, 9.17) is 26.1 Å². The number of amides is 1. The number of nitro benzene ring substituents is 1. The molecule has 65 heavy (non-hydrogen) atoms. The van der Waals surface area contributed by atoms with Crippen molar-refractivity contribution in [1.82, 2.24) is 24.5 Å². The van der Waals surface area contributed by atoms with E-state index in [-0.39, 0.29) is 29.4 Å². The van der Waals surface area contributed by atoms with Gasteiger partial charge in [0.25, 0.3) is 21.6 Å². The van der Waals surface area contributed by atoms with E-state index in [0.29, 0.717) is 49.1 Å². The van der Waals surface area contributed by atoms with Crippen LogP contribution in [0.3, 0.4) is 0 Å². The highest BCUT2D eigenvalue weighted by molar-refractivity contribution is 7.90. The molecule has 9 rings (SSSR count). The molecular weight excluding hydrogens is 870 g/mol. The topological polar surface area (TPSA) is 179 Å². The van der Waals surface area contributed by atoms with Crippen molar-refractivity contribution in [3.63, 3.8) is 0 Å². The number of ether oxygens (including phenoxy) is 2. The number of rotatable bonds is 12. The number of carbonyl (C=O) groups is 1. The number of benzene rings is 3. The maximum absolute atomic E-state index is 14.3. The third kappa shape index (κ3) is 9.80. The van der Waals surface area contributed by atoms with Gasteiger partial charge in [-0.25, -0.2) is 13.1 Å². The quantitative estimate of drug-likeness (QED) is 0.0840. The Balaban J connectivity index is 0.971. The van der Waals surface area contributed by atoms with E-state index in [1.165, 1.54) is 28.8 Å². The number of morpholine rings is 1. The maximum Gasteiger partial charge on any atom is 0.293 e. The molecular formula is C47H54ClN9O7S. The molecule has 18 heteroatoms. The van der Waals surface area contributed by atoms with Crippen LogP contribution in [-0.2, 0) is 14.8 Å². The fraction of sp³-hybridized carbons (Fsp3) is 0.404. The number of aromatic amines is 1. The molecule has 0 radical (unpaired) electrons. The van der Waals surface area contributed by atoms with Gasteiger partial charge >= 0.3 is 0 Å². The fourth-order valence-corrected chi connectivity index (χ4v) is 10.4. The molecule has 0 unspecified atom stereocenters. The average molecular weight is 925 g/mol. The van der Waals surface area contributed by atoms with Gasteiger partial charge in [-0.15, -0.1) is 0 Å². The summed E-state index contributed by atoms with van der Waals surface area (Å²) >= 11 is 6.27. The highest BCUT2D eigenvalue weighted by Crippen LogP contribution is 2.44. The van der Waals surface area contributed by atoms with Crippen LogP contribution >= 0.6 is 11.6 Å². The second-order valence-corrected chi connectivity index (χ2v) is 20.2. The van der Waals surface area contributed by atoms with E-state index in [1.807, 2.05) is 48.3 Å². The summed E-state index contributed by atoms with van der Waals surface area (Å²) in [5.74, 6) is -0.505. The summed E-state index contributed by atoms with van der Waals surface area (Å²) in [6.45, 7) is 11.6. The first-order valence-corrected chi connectivity index (χ1v) is 23.9. The van der Waals surface area contributed by atoms with Crippen LogP contribution in [0.4, 0.5) is 28.4 Å². The van der Waals surface area contributed by atoms with E-state index in [2.05, 4.69) is 55.7 Å². The summed E-state index contributed by atoms with van der Waals surface area (Å²) in [6.07, 6.45) is 4.79. The van der Waals surface area contributed by atoms with Gasteiger partial charge in [-0.2, -0.15) is 4.98 Å². The van der Waals surface area contributed by atoms with E-state index in [9.17, 15) is 23.3 Å². The van der Waals surface area contributed by atoms with E-state index in [0.717, 1.165) is 80.7 Å². The number of H-pyrrole nitrogens is 1. The normalized spacial score (nSPS) is 19.5. The van der Waals surface area contributed by atoms with Crippen LogP contribution in [0.1, 0.15) is 49.0 Å². The summed E-state index contributed by atoms with van der Waals surface area (Å²) < 4.78 is 41.8. The second-order valence-electron chi connectivity index (χ2n) is 18.1. The highest BCUT2D eigenvalue weighted by Gasteiger charge is 2.32. The van der Waals surface area contributed by atoms with Gasteiger partial charge in [0.05, 0.1) is 40.3 Å². The third-order valence-corrected chi connectivity index (χ3v) is 14.5. The Morgan fingerprint density at radius 2 is 1.78 bits per heavy atom. The molecule has 2 fully saturated rings. The first kappa shape index (κ1) is 44.5. The van der Waals surface area contributed by atoms with Gasteiger partial charge in [0.2, 0.25) is 5.88 Å². The minimum absolute atomic E-state index is 0.102. The number of sulfonamides is 1. The van der Waals surface area contributed by atoms with Gasteiger partial charge < -0.3 is 34.5 Å². The van der Waals surface area contributed by atoms with Crippen LogP contribution in [-0.4, -0.2) is 124 Å². The molecule has 3 aliphatic heterocycles. The van der Waals surface area contributed by atoms with Gasteiger partial charge in [0.15, 0.2) is 0 Å². The van der Waals surface area contributed by atoms with E-state index < -0.39 is 31.4 Å². The number of nitrogens with zero attached hydrogens (tertiary/aromatic N) is 6. The van der Waals surface area contributed by atoms with Crippen molar-refractivity contribution in [3.8, 4) is 5.88 Å². The Hall–Kier alpha value is -5.72. The SMILES string of the molecule is CN1CCO[C@@H](CNc2ccc(S(=O)(=O)NC(=O)c3ccc(N4CCN(CC5=C(c6ccc(Cl)cc6)CC(C)(C)CC5)CC4)cc3N3CCOc4nc5[nH]ccc5cc43)cc2[N+](=O)[O-])C1. The number of pyridine rings is 1. The molecule has 0 spiro atoms. The highest BCUT2D eigenvalue weighted by atomic mass is 35.5. The zero-order valence-electron chi connectivity index (χ0n) is 36.8. The lowest BCUT2D eigenvalue weighted by Gasteiger charge is -2.39. The standard InChI is InChI=1S/C47H54ClN9O7S/c1-47(2)14-12-33(39(27-47)31-4-6-34(48)7-5-31)29-54-16-18-55(19-17-54)35-8-10-38(41(25-35)56-21-23-64-46-43(56)24-32-13-15-49-44(32)51-46)45(58)52-65(61,62)37-9-11-40(42(26-37)57(59)60)50-28-36-30-53(3)20-22-63-36/h4-11,13,15,24-26,36,50H,12,14,16-23,27-30H2,1-3H3,(H,49,51)(H,52,58)/t36-/m0/s1. The smallest absolute Gasteiger partial charge is 0.293 e. The van der Waals surface area contributed by atoms with Crippen molar-refractivity contribution >= 4 is 72.6 Å². The van der Waals surface area contributed by atoms with Gasteiger partial charge in [-0.1, -0.05) is 43.2 Å². The molecule has 5 heterocycles. The first-order valence-electron chi connectivity index (χ1n) is 22.1. The first-order chi connectivity index (χ1) is 31.2. The molecule has 3 aromatic carbocycles. The van der Waals surface area contributed by atoms with Crippen LogP contribution < -0.4 is 24.6 Å². The zero-order valence-corrected chi connectivity index (χ0v) is 38.4. The molecule has 0 bridgehead atoms. The summed E-state index contributed by atoms with van der Waals surface area (Å²) in [7, 11) is -2.61. The summed E-state index contributed by atoms with van der Waals surface area (Å²) in [4.78, 5) is 42.1. The number of carbonyl (C=O) groups excluding carboxylic acids is 1. The van der Waals surface area contributed by atoms with Crippen molar-refractivity contribution in [2.75, 3.05) is 94.3 Å². The number of allylic oxidation sites excluding steroid dienone is 1. The van der Waals surface area contributed by atoms with Crippen LogP contribution in [0, 0.1) is 15.5 Å². The number of anilines is 4. The molecule has 0 saturated carbocycles. The van der Waals surface area contributed by atoms with E-state index >= 15 is 0 Å². The Bertz CT molecular complexity index is 2750. The minimum atomic E-state index is -4.58. The Kier molecular flexibility index (Phi) is 12.5. The monoisotopic (exact) mass is 923 g/mol. The summed E-state index contributed by atoms with van der Waals surface area (Å²) in [6, 6.07) is 21.0. The summed E-state index contributed by atoms with van der Waals surface area (Å²) in [5, 5.41) is 16.8. The molecule has 2 aromatic heterocycles. The van der Waals surface area contributed by atoms with Crippen molar-refractivity contribution in [2.24, 2.45) is 5.41 Å². The average Bonchev–Trinajstić information content (AvgIpc) is 3.75. The number of halogens is 1. The fourth-order valence-electron chi connectivity index (χ4n) is 9.32. The summed E-state index contributed by atoms with van der Waals surface area (Å²) in [5.41, 5.74) is 6.79. The van der Waals surface area contributed by atoms with Crippen LogP contribution in [0.25, 0.3) is 16.6 Å². The number of aromatic nitrogens is 2. The number of fused-ring (bicyclic) bond motifs is 2. The van der Waals surface area contributed by atoms with Crippen LogP contribution in [0.2, 0.25) is 5.02 Å². The number of hydrogen-bond donors (Lipinski definition) is 3. The largest absolute Gasteiger partial charge is 0.474 e. The van der Waals surface area contributed by atoms with Crippen LogP contribution in [0.15, 0.2) is 89.5 Å². The molecule has 3 N–H and O–H groups in total. The van der Waals surface area contributed by atoms with Crippen molar-refractivity contribution in [2.45, 2.75) is 44.1 Å². The molecule has 1 amide bonds. The van der Waals surface area contributed by atoms with Gasteiger partial charge in [-0.3, -0.25) is 19.8 Å². The molecule has 1 atom stereocenters. The Labute approximate surface area is 383 Å². The lowest BCUT2D eigenvalue weighted by Crippen LogP contribution is -2.47. The predicted octanol–water partition coefficient (Wildman–Crippen LogP) is 7.30. The predicted molar refractivity (Wildman–Crippen MR) is 253 cm³/mol. The molecule has 5 aromatic rings.